The van der Waals surface area contributed by atoms with Crippen LogP contribution in [-0.2, 0) is 9.84 Å². The summed E-state index contributed by atoms with van der Waals surface area (Å²) in [6.07, 6.45) is -4.10. The summed E-state index contributed by atoms with van der Waals surface area (Å²) in [5, 5.41) is 27.3. The van der Waals surface area contributed by atoms with E-state index in [1.165, 1.54) is 11.3 Å². The van der Waals surface area contributed by atoms with Crippen molar-refractivity contribution in [3.05, 3.63) is 53.5 Å². The molecule has 2 aliphatic carbocycles. The molecule has 1 aromatic carbocycles. The number of benzene rings is 1. The fourth-order valence-electron chi connectivity index (χ4n) is 5.52. The molecule has 0 saturated heterocycles. The summed E-state index contributed by atoms with van der Waals surface area (Å²) < 4.78 is 93.2. The fraction of sp³-hybridized carbons (Fsp3) is 0.429. The van der Waals surface area contributed by atoms with Gasteiger partial charge in [-0.3, -0.25) is 4.98 Å². The first kappa shape index (κ1) is 31.4. The van der Waals surface area contributed by atoms with Crippen molar-refractivity contribution in [2.24, 2.45) is 5.92 Å². The van der Waals surface area contributed by atoms with Crippen LogP contribution in [0.15, 0.2) is 35.4 Å². The van der Waals surface area contributed by atoms with Crippen molar-refractivity contribution in [2.75, 3.05) is 22.9 Å². The number of fused-ring (bicyclic) bond motifs is 1. The maximum absolute atomic E-state index is 13.7. The van der Waals surface area contributed by atoms with Crippen LogP contribution in [0.2, 0.25) is 0 Å². The van der Waals surface area contributed by atoms with Gasteiger partial charge >= 0.3 is 6.18 Å². The molecular formula is C28H27F5N6O4S2. The summed E-state index contributed by atoms with van der Waals surface area (Å²) in [7, 11) is -4.28. The molecule has 6 rings (SSSR count). The van der Waals surface area contributed by atoms with Crippen molar-refractivity contribution in [2.45, 2.75) is 61.4 Å². The summed E-state index contributed by atoms with van der Waals surface area (Å²) in [5.74, 6) is -4.00. The molecule has 45 heavy (non-hydrogen) atoms. The Balaban J connectivity index is 1.33. The average Bonchev–Trinajstić information content (AvgIpc) is 3.65. The van der Waals surface area contributed by atoms with Gasteiger partial charge in [0.1, 0.15) is 40.6 Å². The van der Waals surface area contributed by atoms with Crippen molar-refractivity contribution < 1.29 is 40.6 Å². The number of aryl methyl sites for hydroxylation is 1. The van der Waals surface area contributed by atoms with E-state index in [1.807, 2.05) is 0 Å². The van der Waals surface area contributed by atoms with Crippen molar-refractivity contribution in [1.29, 1.82) is 0 Å². The quantitative estimate of drug-likeness (QED) is 0.186. The van der Waals surface area contributed by atoms with Crippen LogP contribution in [0.25, 0.3) is 20.8 Å². The van der Waals surface area contributed by atoms with Crippen LogP contribution in [-0.4, -0.2) is 75.3 Å². The normalized spacial score (nSPS) is 22.2. The van der Waals surface area contributed by atoms with E-state index < -0.39 is 69.0 Å². The molecule has 2 fully saturated rings. The van der Waals surface area contributed by atoms with Crippen molar-refractivity contribution in [3.8, 4) is 10.6 Å². The highest BCUT2D eigenvalue weighted by Crippen LogP contribution is 2.44. The minimum Gasteiger partial charge on any atom is -0.390 e. The molecule has 0 unspecified atom stereocenters. The van der Waals surface area contributed by atoms with Gasteiger partial charge in [-0.25, -0.2) is 27.2 Å². The van der Waals surface area contributed by atoms with Crippen LogP contribution in [0.5, 0.6) is 0 Å². The zero-order chi connectivity index (χ0) is 32.3. The number of nitrogens with zero attached hydrogens (tertiary/aromatic N) is 4. The van der Waals surface area contributed by atoms with Gasteiger partial charge in [-0.15, -0.1) is 11.3 Å². The highest BCUT2D eigenvalue weighted by atomic mass is 32.2. The van der Waals surface area contributed by atoms with Crippen molar-refractivity contribution in [1.82, 2.24) is 19.9 Å². The molecule has 3 heterocycles. The number of aromatic nitrogens is 4. The molecule has 0 radical (unpaired) electrons. The number of aliphatic hydroxyl groups is 2. The van der Waals surface area contributed by atoms with E-state index in [2.05, 4.69) is 25.6 Å². The molecule has 4 atom stereocenters. The number of nitrogens with one attached hydrogen (secondary N) is 2. The number of hydrogen-bond donors (Lipinski definition) is 4. The van der Waals surface area contributed by atoms with E-state index in [4.69, 9.17) is 4.98 Å². The van der Waals surface area contributed by atoms with Crippen LogP contribution < -0.4 is 10.6 Å². The van der Waals surface area contributed by atoms with Crippen molar-refractivity contribution in [3.63, 3.8) is 0 Å². The number of rotatable bonds is 9. The minimum absolute atomic E-state index is 0.0131. The average molecular weight is 671 g/mol. The Labute approximate surface area is 257 Å². The Morgan fingerprint density at radius 1 is 1.04 bits per heavy atom. The smallest absolute Gasteiger partial charge is 0.390 e. The number of alkyl halides is 3. The van der Waals surface area contributed by atoms with Crippen LogP contribution in [0.1, 0.15) is 36.6 Å². The highest BCUT2D eigenvalue weighted by Gasteiger charge is 2.44. The van der Waals surface area contributed by atoms with Gasteiger partial charge in [0, 0.05) is 24.1 Å². The molecule has 0 bridgehead atoms. The summed E-state index contributed by atoms with van der Waals surface area (Å²) in [4.78, 5) is 17.1. The number of sulfone groups is 1. The summed E-state index contributed by atoms with van der Waals surface area (Å²) in [5.41, 5.74) is 2.17. The van der Waals surface area contributed by atoms with Gasteiger partial charge in [-0.1, -0.05) is 0 Å². The van der Waals surface area contributed by atoms with Crippen LogP contribution in [0.3, 0.4) is 0 Å². The lowest BCUT2D eigenvalue weighted by atomic mass is 10.1. The molecule has 10 nitrogen and oxygen atoms in total. The molecule has 0 amide bonds. The SMILES string of the molecule is Cc1nc(NCC(F)(F)F)nc(N[C@@H]2C[C@H](CS(=O)(=O)c3cc(F)cc(F)c3)[C@@H](O)[C@H]2O)c1-c1nc2c(C3CC3)nccc2s1. The fourth-order valence-corrected chi connectivity index (χ4v) is 8.26. The van der Waals surface area contributed by atoms with Gasteiger partial charge in [0.15, 0.2) is 9.84 Å². The number of thiazole rings is 1. The van der Waals surface area contributed by atoms with Crippen molar-refractivity contribution >= 4 is 43.2 Å². The second-order valence-electron chi connectivity index (χ2n) is 11.3. The molecule has 2 saturated carbocycles. The third kappa shape index (κ3) is 6.71. The number of aliphatic hydroxyl groups excluding tert-OH is 2. The molecule has 0 spiro atoms. The Hall–Kier alpha value is -3.54. The summed E-state index contributed by atoms with van der Waals surface area (Å²) in [6, 6.07) is 2.66. The van der Waals surface area contributed by atoms with E-state index in [1.54, 1.807) is 19.2 Å². The molecule has 2 aliphatic rings. The highest BCUT2D eigenvalue weighted by molar-refractivity contribution is 7.91. The molecule has 240 valence electrons. The first-order valence-corrected chi connectivity index (χ1v) is 16.4. The van der Waals surface area contributed by atoms with Gasteiger partial charge in [0.2, 0.25) is 5.95 Å². The monoisotopic (exact) mass is 670 g/mol. The minimum atomic E-state index is -4.56. The zero-order valence-electron chi connectivity index (χ0n) is 23.5. The van der Waals surface area contributed by atoms with E-state index >= 15 is 0 Å². The topological polar surface area (TPSA) is 150 Å². The zero-order valence-corrected chi connectivity index (χ0v) is 25.1. The third-order valence-corrected chi connectivity index (χ3v) is 10.7. The van der Waals surface area contributed by atoms with Gasteiger partial charge in [-0.05, 0) is 44.4 Å². The Morgan fingerprint density at radius 3 is 2.42 bits per heavy atom. The standard InChI is InChI=1S/C28H27F5N6O4S2/c1-12-20(26-38-22-19(44-26)4-5-34-21(22)13-2-3-13)25(39-27(36-12)35-11-28(31,32)33)37-18-6-14(23(40)24(18)41)10-45(42,43)17-8-15(29)7-16(30)9-17/h4-5,7-9,13-14,18,23-24,40-41H,2-3,6,10-11H2,1H3,(H2,35,36,37,39)/t14-,18-,23-,24+/m1/s1. The van der Waals surface area contributed by atoms with Crippen LogP contribution >= 0.6 is 11.3 Å². The number of hydrogen-bond acceptors (Lipinski definition) is 11. The lowest BCUT2D eigenvalue weighted by Crippen LogP contribution is -2.36. The number of pyridine rings is 1. The van der Waals surface area contributed by atoms with Gasteiger partial charge in [0.25, 0.3) is 0 Å². The first-order valence-electron chi connectivity index (χ1n) is 13.9. The van der Waals surface area contributed by atoms with Crippen LogP contribution in [0, 0.1) is 24.5 Å². The number of halogens is 5. The summed E-state index contributed by atoms with van der Waals surface area (Å²) in [6.45, 7) is 0.161. The Morgan fingerprint density at radius 2 is 1.76 bits per heavy atom. The lowest BCUT2D eigenvalue weighted by molar-refractivity contribution is -0.115. The van der Waals surface area contributed by atoms with Gasteiger partial charge in [-0.2, -0.15) is 18.2 Å². The van der Waals surface area contributed by atoms with E-state index in [9.17, 15) is 40.6 Å². The molecule has 0 aliphatic heterocycles. The maximum atomic E-state index is 13.7. The third-order valence-electron chi connectivity index (χ3n) is 7.80. The molecule has 4 N–H and O–H groups in total. The predicted molar refractivity (Wildman–Crippen MR) is 156 cm³/mol. The molecule has 3 aromatic heterocycles. The second-order valence-corrected chi connectivity index (χ2v) is 14.3. The first-order chi connectivity index (χ1) is 21.2. The number of anilines is 2. The van der Waals surface area contributed by atoms with Gasteiger partial charge < -0.3 is 20.8 Å². The van der Waals surface area contributed by atoms with E-state index in [-0.39, 0.29) is 23.9 Å². The predicted octanol–water partition coefficient (Wildman–Crippen LogP) is 4.58. The Bertz CT molecular complexity index is 1850. The largest absolute Gasteiger partial charge is 0.405 e. The molecule has 4 aromatic rings. The summed E-state index contributed by atoms with van der Waals surface area (Å²) >= 11 is 1.31. The lowest BCUT2D eigenvalue weighted by Gasteiger charge is -2.21. The second kappa shape index (κ2) is 11.7. The molecule has 17 heteroatoms. The molecular weight excluding hydrogens is 643 g/mol. The van der Waals surface area contributed by atoms with E-state index in [0.29, 0.717) is 40.2 Å². The van der Waals surface area contributed by atoms with Crippen LogP contribution in [0.4, 0.5) is 33.7 Å². The maximum Gasteiger partial charge on any atom is 0.405 e. The van der Waals surface area contributed by atoms with Gasteiger partial charge in [0.05, 0.1) is 44.4 Å². The Kier molecular flexibility index (Phi) is 8.16. The van der Waals surface area contributed by atoms with E-state index in [0.717, 1.165) is 23.2 Å².